The average Bonchev–Trinajstić information content (AvgIpc) is 3.06. The number of hydrogen-bond acceptors (Lipinski definition) is 5. The Morgan fingerprint density at radius 1 is 1.25 bits per heavy atom. The van der Waals surface area contributed by atoms with E-state index in [1.54, 1.807) is 25.6 Å². The van der Waals surface area contributed by atoms with Crippen LogP contribution in [0, 0.1) is 0 Å². The van der Waals surface area contributed by atoms with Crippen LogP contribution in [0.25, 0.3) is 16.2 Å². The topological polar surface area (TPSA) is 61.8 Å². The smallest absolute Gasteiger partial charge is 0.194 e. The van der Waals surface area contributed by atoms with E-state index in [4.69, 9.17) is 15.2 Å². The lowest BCUT2D eigenvalue weighted by atomic mass is 10.1. The van der Waals surface area contributed by atoms with Crippen molar-refractivity contribution < 1.29 is 9.47 Å². The molecule has 2 heterocycles. The summed E-state index contributed by atoms with van der Waals surface area (Å²) in [5.74, 6) is 1.43. The van der Waals surface area contributed by atoms with E-state index in [-0.39, 0.29) is 0 Å². The van der Waals surface area contributed by atoms with Gasteiger partial charge >= 0.3 is 0 Å². The monoisotopic (exact) mass is 289 g/mol. The quantitative estimate of drug-likeness (QED) is 0.801. The van der Waals surface area contributed by atoms with Crippen LogP contribution in [0.5, 0.6) is 11.5 Å². The molecular weight excluding hydrogens is 274 g/mol. The number of aromatic nitrogens is 2. The SMILES string of the molecule is COc1ccc(-c2csc3nc(CN)cn23)cc1OC. The third-order valence-electron chi connectivity index (χ3n) is 3.15. The maximum atomic E-state index is 5.64. The Morgan fingerprint density at radius 2 is 2.05 bits per heavy atom. The van der Waals surface area contributed by atoms with Gasteiger partial charge in [0.15, 0.2) is 16.5 Å². The second-order valence-electron chi connectivity index (χ2n) is 4.28. The number of thiazole rings is 1. The lowest BCUT2D eigenvalue weighted by molar-refractivity contribution is 0.355. The number of benzene rings is 1. The van der Waals surface area contributed by atoms with Crippen LogP contribution in [0.15, 0.2) is 29.8 Å². The summed E-state index contributed by atoms with van der Waals surface area (Å²) in [4.78, 5) is 5.39. The molecule has 104 valence electrons. The van der Waals surface area contributed by atoms with Gasteiger partial charge in [-0.05, 0) is 18.2 Å². The van der Waals surface area contributed by atoms with Crippen LogP contribution in [0.4, 0.5) is 0 Å². The van der Waals surface area contributed by atoms with Crippen LogP contribution < -0.4 is 15.2 Å². The summed E-state index contributed by atoms with van der Waals surface area (Å²) in [7, 11) is 3.26. The van der Waals surface area contributed by atoms with E-state index >= 15 is 0 Å². The average molecular weight is 289 g/mol. The Balaban J connectivity index is 2.12. The number of nitrogens with zero attached hydrogens (tertiary/aromatic N) is 2. The highest BCUT2D eigenvalue weighted by molar-refractivity contribution is 7.15. The van der Waals surface area contributed by atoms with Gasteiger partial charge in [-0.25, -0.2) is 4.98 Å². The van der Waals surface area contributed by atoms with Crippen molar-refractivity contribution in [1.82, 2.24) is 9.38 Å². The van der Waals surface area contributed by atoms with E-state index in [0.29, 0.717) is 12.3 Å². The van der Waals surface area contributed by atoms with Crippen LogP contribution in [-0.2, 0) is 6.54 Å². The van der Waals surface area contributed by atoms with E-state index in [2.05, 4.69) is 10.4 Å². The largest absolute Gasteiger partial charge is 0.493 e. The van der Waals surface area contributed by atoms with Crippen molar-refractivity contribution in [2.24, 2.45) is 5.73 Å². The molecular formula is C14H15N3O2S. The molecule has 0 amide bonds. The van der Waals surface area contributed by atoms with Crippen molar-refractivity contribution in [1.29, 1.82) is 0 Å². The molecule has 1 aromatic carbocycles. The number of methoxy groups -OCH3 is 2. The molecule has 0 saturated heterocycles. The molecule has 0 aliphatic carbocycles. The highest BCUT2D eigenvalue weighted by atomic mass is 32.1. The normalized spacial score (nSPS) is 10.9. The maximum absolute atomic E-state index is 5.64. The third kappa shape index (κ3) is 2.03. The number of nitrogens with two attached hydrogens (primary N) is 1. The second kappa shape index (κ2) is 5.15. The van der Waals surface area contributed by atoms with Crippen LogP contribution in [0.1, 0.15) is 5.69 Å². The zero-order chi connectivity index (χ0) is 14.1. The van der Waals surface area contributed by atoms with E-state index < -0.39 is 0 Å². The fourth-order valence-electron chi connectivity index (χ4n) is 2.13. The van der Waals surface area contributed by atoms with E-state index in [1.807, 2.05) is 28.8 Å². The summed E-state index contributed by atoms with van der Waals surface area (Å²) in [6, 6.07) is 5.87. The summed E-state index contributed by atoms with van der Waals surface area (Å²) >= 11 is 1.59. The molecule has 0 fully saturated rings. The summed E-state index contributed by atoms with van der Waals surface area (Å²) in [5, 5.41) is 2.07. The summed E-state index contributed by atoms with van der Waals surface area (Å²) in [6.07, 6.45) is 1.97. The van der Waals surface area contributed by atoms with Gasteiger partial charge in [0.25, 0.3) is 0 Å². The van der Waals surface area contributed by atoms with Gasteiger partial charge in [0, 0.05) is 23.7 Å². The number of ether oxygens (including phenoxy) is 2. The first-order valence-corrected chi connectivity index (χ1v) is 7.02. The van der Waals surface area contributed by atoms with Crippen molar-refractivity contribution in [2.75, 3.05) is 14.2 Å². The van der Waals surface area contributed by atoms with E-state index in [9.17, 15) is 0 Å². The number of hydrogen-bond donors (Lipinski definition) is 1. The fourth-order valence-corrected chi connectivity index (χ4v) is 3.03. The molecule has 0 bridgehead atoms. The van der Waals surface area contributed by atoms with Crippen LogP contribution in [0.2, 0.25) is 0 Å². The van der Waals surface area contributed by atoms with Crippen molar-refractivity contribution in [3.63, 3.8) is 0 Å². The lowest BCUT2D eigenvalue weighted by Gasteiger charge is -2.09. The minimum atomic E-state index is 0.444. The highest BCUT2D eigenvalue weighted by Gasteiger charge is 2.12. The Bertz CT molecular complexity index is 748. The van der Waals surface area contributed by atoms with Crippen molar-refractivity contribution >= 4 is 16.3 Å². The van der Waals surface area contributed by atoms with Gasteiger partial charge in [0.2, 0.25) is 0 Å². The predicted molar refractivity (Wildman–Crippen MR) is 79.5 cm³/mol. The fraction of sp³-hybridized carbons (Fsp3) is 0.214. The standard InChI is InChI=1S/C14H15N3O2S/c1-18-12-4-3-9(5-13(12)19-2)11-8-20-14-16-10(6-15)7-17(11)14/h3-5,7-8H,6,15H2,1-2H3. The number of rotatable bonds is 4. The Morgan fingerprint density at radius 3 is 2.75 bits per heavy atom. The van der Waals surface area contributed by atoms with Gasteiger partial charge in [-0.15, -0.1) is 11.3 Å². The minimum Gasteiger partial charge on any atom is -0.493 e. The number of imidazole rings is 1. The molecule has 5 nitrogen and oxygen atoms in total. The molecule has 0 aliphatic rings. The molecule has 0 atom stereocenters. The zero-order valence-corrected chi connectivity index (χ0v) is 12.1. The van der Waals surface area contributed by atoms with Gasteiger partial charge in [0.1, 0.15) is 0 Å². The first-order valence-electron chi connectivity index (χ1n) is 6.14. The summed E-state index contributed by atoms with van der Waals surface area (Å²) in [5.41, 5.74) is 8.64. The molecule has 0 radical (unpaired) electrons. The second-order valence-corrected chi connectivity index (χ2v) is 5.12. The van der Waals surface area contributed by atoms with Crippen molar-refractivity contribution in [3.8, 4) is 22.8 Å². The highest BCUT2D eigenvalue weighted by Crippen LogP contribution is 2.34. The van der Waals surface area contributed by atoms with E-state index in [0.717, 1.165) is 27.7 Å². The van der Waals surface area contributed by atoms with Crippen LogP contribution in [-0.4, -0.2) is 23.6 Å². The molecule has 3 rings (SSSR count). The van der Waals surface area contributed by atoms with Crippen LogP contribution >= 0.6 is 11.3 Å². The van der Waals surface area contributed by atoms with Gasteiger partial charge in [-0.2, -0.15) is 0 Å². The van der Waals surface area contributed by atoms with E-state index in [1.165, 1.54) is 0 Å². The van der Waals surface area contributed by atoms with Crippen molar-refractivity contribution in [2.45, 2.75) is 6.54 Å². The first-order chi connectivity index (χ1) is 9.76. The lowest BCUT2D eigenvalue weighted by Crippen LogP contribution is -1.95. The Labute approximate surface area is 120 Å². The Kier molecular flexibility index (Phi) is 3.33. The van der Waals surface area contributed by atoms with Gasteiger partial charge in [0.05, 0.1) is 25.6 Å². The maximum Gasteiger partial charge on any atom is 0.194 e. The minimum absolute atomic E-state index is 0.444. The predicted octanol–water partition coefficient (Wildman–Crippen LogP) is 2.54. The molecule has 0 aliphatic heterocycles. The molecule has 0 saturated carbocycles. The van der Waals surface area contributed by atoms with Gasteiger partial charge < -0.3 is 15.2 Å². The Hall–Kier alpha value is -2.05. The molecule has 2 aromatic heterocycles. The van der Waals surface area contributed by atoms with Gasteiger partial charge in [-0.1, -0.05) is 0 Å². The molecule has 0 spiro atoms. The summed E-state index contributed by atoms with van der Waals surface area (Å²) < 4.78 is 12.7. The zero-order valence-electron chi connectivity index (χ0n) is 11.3. The number of fused-ring (bicyclic) bond motifs is 1. The molecule has 6 heteroatoms. The van der Waals surface area contributed by atoms with Crippen LogP contribution in [0.3, 0.4) is 0 Å². The molecule has 20 heavy (non-hydrogen) atoms. The summed E-state index contributed by atoms with van der Waals surface area (Å²) in [6.45, 7) is 0.444. The van der Waals surface area contributed by atoms with Crippen molar-refractivity contribution in [3.05, 3.63) is 35.5 Å². The van der Waals surface area contributed by atoms with Gasteiger partial charge in [-0.3, -0.25) is 4.40 Å². The molecule has 3 aromatic rings. The molecule has 0 unspecified atom stereocenters. The third-order valence-corrected chi connectivity index (χ3v) is 3.99. The first kappa shape index (κ1) is 13.0. The molecule has 2 N–H and O–H groups in total.